The molecule has 5 rings (SSSR count). The number of hydrogen-bond donors (Lipinski definition) is 2. The molecule has 0 unspecified atom stereocenters. The van der Waals surface area contributed by atoms with Crippen molar-refractivity contribution in [3.8, 4) is 0 Å². The average molecular weight is 368 g/mol. The van der Waals surface area contributed by atoms with E-state index in [1.165, 1.54) is 0 Å². The van der Waals surface area contributed by atoms with Gasteiger partial charge in [-0.2, -0.15) is 0 Å². The van der Waals surface area contributed by atoms with Crippen molar-refractivity contribution in [3.63, 3.8) is 0 Å². The van der Waals surface area contributed by atoms with E-state index in [-0.39, 0.29) is 6.04 Å². The molecule has 0 aliphatic carbocycles. The van der Waals surface area contributed by atoms with Gasteiger partial charge in [-0.25, -0.2) is 9.69 Å². The fourth-order valence-electron chi connectivity index (χ4n) is 5.21. The van der Waals surface area contributed by atoms with Crippen LogP contribution in [0.2, 0.25) is 0 Å². The summed E-state index contributed by atoms with van der Waals surface area (Å²) in [5.41, 5.74) is -1.45. The van der Waals surface area contributed by atoms with E-state index < -0.39 is 47.0 Å². The number of benzene rings is 1. The minimum absolute atomic E-state index is 0.384. The van der Waals surface area contributed by atoms with Crippen molar-refractivity contribution in [3.05, 3.63) is 30.3 Å². The van der Waals surface area contributed by atoms with Gasteiger partial charge in [0.1, 0.15) is 0 Å². The highest BCUT2D eigenvalue weighted by Crippen LogP contribution is 2.53. The van der Waals surface area contributed by atoms with Crippen LogP contribution in [-0.4, -0.2) is 52.7 Å². The Morgan fingerprint density at radius 2 is 1.59 bits per heavy atom. The SMILES string of the molecule is O=C1NC(=O)C2(C(=O)N1)[C@@H]1C(=O)N(c3ccccc3)C(=O)[C@@H]1[C@@H]1CCCN12. The van der Waals surface area contributed by atoms with Gasteiger partial charge in [-0.15, -0.1) is 0 Å². The Morgan fingerprint density at radius 1 is 0.926 bits per heavy atom. The van der Waals surface area contributed by atoms with Gasteiger partial charge in [-0.1, -0.05) is 18.2 Å². The zero-order valence-corrected chi connectivity index (χ0v) is 14.2. The molecule has 0 radical (unpaired) electrons. The molecule has 9 heteroatoms. The molecule has 6 amide bonds. The first-order chi connectivity index (χ1) is 13.0. The summed E-state index contributed by atoms with van der Waals surface area (Å²) in [6, 6.07) is 7.17. The average Bonchev–Trinajstić information content (AvgIpc) is 3.26. The molecule has 4 aliphatic heterocycles. The van der Waals surface area contributed by atoms with E-state index in [9.17, 15) is 24.0 Å². The Morgan fingerprint density at radius 3 is 2.26 bits per heavy atom. The zero-order chi connectivity index (χ0) is 18.9. The fourth-order valence-corrected chi connectivity index (χ4v) is 5.21. The van der Waals surface area contributed by atoms with Crippen molar-refractivity contribution < 1.29 is 24.0 Å². The van der Waals surface area contributed by atoms with Crippen LogP contribution in [0.15, 0.2) is 30.3 Å². The molecule has 1 aromatic carbocycles. The number of barbiturate groups is 1. The van der Waals surface area contributed by atoms with E-state index in [1.807, 2.05) is 0 Å². The predicted octanol–water partition coefficient (Wildman–Crippen LogP) is -0.625. The van der Waals surface area contributed by atoms with E-state index in [0.717, 1.165) is 4.90 Å². The number of anilines is 1. The minimum Gasteiger partial charge on any atom is -0.277 e. The standard InChI is InChI=1S/C18H16N4O5/c23-13-11-10-7-4-8-21(10)18(15(25)19-17(27)20-16(18)26)12(11)14(24)22(13)9-5-2-1-3-6-9/h1-3,5-6,10-12H,4,7-8H2,(H2,19,20,25,26,27)/t10-,11+,12-/m0/s1. The summed E-state index contributed by atoms with van der Waals surface area (Å²) in [7, 11) is 0. The lowest BCUT2D eigenvalue weighted by molar-refractivity contribution is -0.151. The number of para-hydroxylation sites is 1. The van der Waals surface area contributed by atoms with Crippen LogP contribution < -0.4 is 15.5 Å². The maximum atomic E-state index is 13.3. The van der Waals surface area contributed by atoms with Crippen LogP contribution in [-0.2, 0) is 19.2 Å². The van der Waals surface area contributed by atoms with Gasteiger partial charge in [0.05, 0.1) is 17.5 Å². The van der Waals surface area contributed by atoms with E-state index in [2.05, 4.69) is 10.6 Å². The van der Waals surface area contributed by atoms with Crippen molar-refractivity contribution >= 4 is 35.3 Å². The molecule has 138 valence electrons. The predicted molar refractivity (Wildman–Crippen MR) is 90.1 cm³/mol. The molecule has 0 bridgehead atoms. The molecule has 4 heterocycles. The molecule has 27 heavy (non-hydrogen) atoms. The number of nitrogens with one attached hydrogen (secondary N) is 2. The number of hydrogen-bond acceptors (Lipinski definition) is 6. The highest BCUT2D eigenvalue weighted by atomic mass is 16.2. The van der Waals surface area contributed by atoms with Crippen molar-refractivity contribution in [2.24, 2.45) is 11.8 Å². The third-order valence-electron chi connectivity index (χ3n) is 6.13. The zero-order valence-electron chi connectivity index (χ0n) is 14.2. The van der Waals surface area contributed by atoms with Gasteiger partial charge in [0.2, 0.25) is 11.8 Å². The van der Waals surface area contributed by atoms with Crippen molar-refractivity contribution in [1.82, 2.24) is 15.5 Å². The minimum atomic E-state index is -1.87. The van der Waals surface area contributed by atoms with Gasteiger partial charge in [-0.3, -0.25) is 34.7 Å². The number of carbonyl (C=O) groups excluding carboxylic acids is 5. The van der Waals surface area contributed by atoms with Gasteiger partial charge in [0.25, 0.3) is 11.8 Å². The maximum absolute atomic E-state index is 13.3. The largest absolute Gasteiger partial charge is 0.328 e. The number of amides is 6. The first-order valence-electron chi connectivity index (χ1n) is 8.84. The Kier molecular flexibility index (Phi) is 3.12. The van der Waals surface area contributed by atoms with Crippen LogP contribution in [0.1, 0.15) is 12.8 Å². The third-order valence-corrected chi connectivity index (χ3v) is 6.13. The number of carbonyl (C=O) groups is 5. The van der Waals surface area contributed by atoms with Crippen LogP contribution in [0.4, 0.5) is 10.5 Å². The number of rotatable bonds is 1. The second kappa shape index (κ2) is 5.23. The Balaban J connectivity index is 1.67. The van der Waals surface area contributed by atoms with Gasteiger partial charge < -0.3 is 0 Å². The summed E-state index contributed by atoms with van der Waals surface area (Å²) in [6.07, 6.45) is 1.32. The van der Waals surface area contributed by atoms with E-state index >= 15 is 0 Å². The molecule has 0 aromatic heterocycles. The van der Waals surface area contributed by atoms with Crippen molar-refractivity contribution in [1.29, 1.82) is 0 Å². The van der Waals surface area contributed by atoms with Crippen LogP contribution in [0.3, 0.4) is 0 Å². The topological polar surface area (TPSA) is 116 Å². The first-order valence-corrected chi connectivity index (χ1v) is 8.84. The molecular weight excluding hydrogens is 352 g/mol. The normalized spacial score (nSPS) is 31.9. The maximum Gasteiger partial charge on any atom is 0.328 e. The quantitative estimate of drug-likeness (QED) is 0.504. The monoisotopic (exact) mass is 368 g/mol. The lowest BCUT2D eigenvalue weighted by Gasteiger charge is -2.40. The summed E-state index contributed by atoms with van der Waals surface area (Å²) < 4.78 is 0. The smallest absolute Gasteiger partial charge is 0.277 e. The lowest BCUT2D eigenvalue weighted by atomic mass is 9.77. The summed E-state index contributed by atoms with van der Waals surface area (Å²) >= 11 is 0. The van der Waals surface area contributed by atoms with Crippen molar-refractivity contribution in [2.75, 3.05) is 11.4 Å². The molecule has 4 saturated heterocycles. The van der Waals surface area contributed by atoms with E-state index in [1.54, 1.807) is 35.2 Å². The molecule has 1 spiro atoms. The Labute approximate surface area is 153 Å². The Bertz CT molecular complexity index is 894. The van der Waals surface area contributed by atoms with Crippen LogP contribution >= 0.6 is 0 Å². The molecular formula is C18H16N4O5. The number of fused-ring (bicyclic) bond motifs is 5. The second-order valence-corrected chi connectivity index (χ2v) is 7.26. The number of nitrogens with zero attached hydrogens (tertiary/aromatic N) is 2. The molecule has 1 aromatic rings. The summed E-state index contributed by atoms with van der Waals surface area (Å²) in [6.45, 7) is 0.415. The highest BCUT2D eigenvalue weighted by Gasteiger charge is 2.76. The summed E-state index contributed by atoms with van der Waals surface area (Å²) in [5, 5.41) is 4.25. The van der Waals surface area contributed by atoms with Crippen LogP contribution in [0.25, 0.3) is 0 Å². The van der Waals surface area contributed by atoms with E-state index in [0.29, 0.717) is 25.1 Å². The molecule has 3 atom stereocenters. The lowest BCUT2D eigenvalue weighted by Crippen LogP contribution is -2.74. The Hall–Kier alpha value is -3.07. The highest BCUT2D eigenvalue weighted by molar-refractivity contribution is 6.31. The fraction of sp³-hybridized carbons (Fsp3) is 0.389. The van der Waals surface area contributed by atoms with Crippen LogP contribution in [0, 0.1) is 11.8 Å². The third kappa shape index (κ3) is 1.79. The van der Waals surface area contributed by atoms with Crippen LogP contribution in [0.5, 0.6) is 0 Å². The number of urea groups is 1. The molecule has 9 nitrogen and oxygen atoms in total. The molecule has 0 saturated carbocycles. The second-order valence-electron chi connectivity index (χ2n) is 7.26. The molecule has 2 N–H and O–H groups in total. The van der Waals surface area contributed by atoms with Gasteiger partial charge in [-0.05, 0) is 25.0 Å². The molecule has 4 aliphatic rings. The summed E-state index contributed by atoms with van der Waals surface area (Å²) in [4.78, 5) is 66.6. The van der Waals surface area contributed by atoms with E-state index in [4.69, 9.17) is 0 Å². The summed E-state index contributed by atoms with van der Waals surface area (Å²) in [5.74, 6) is -4.57. The number of imide groups is 3. The molecule has 4 fully saturated rings. The van der Waals surface area contributed by atoms with Gasteiger partial charge >= 0.3 is 6.03 Å². The first kappa shape index (κ1) is 16.1. The van der Waals surface area contributed by atoms with Crippen molar-refractivity contribution in [2.45, 2.75) is 24.4 Å². The van der Waals surface area contributed by atoms with Gasteiger partial charge in [0, 0.05) is 12.6 Å². The van der Waals surface area contributed by atoms with Gasteiger partial charge in [0.15, 0.2) is 5.54 Å².